The first-order valence-corrected chi connectivity index (χ1v) is 17.1. The van der Waals surface area contributed by atoms with E-state index in [1.165, 1.54) is 52.8 Å². The van der Waals surface area contributed by atoms with Crippen molar-refractivity contribution in [3.8, 4) is 11.3 Å². The molecule has 0 bridgehead atoms. The number of fused-ring (bicyclic) bond motifs is 4. The number of aromatic nitrogens is 1. The normalized spacial score (nSPS) is 12.9. The fraction of sp³-hybridized carbons (Fsp3) is 0.344. The standard InChI is InChI=1S/C32H37NSSi/c1-20(2)16-22-10-9-11-25-26-14-15-33-29(31(26)34-30(22)25)23-17-21-12-13-24(35(6,7)8)19-27(21)28(18-23)32(3,4)5/h9-15,17-20H,16H2,1-8H3. The van der Waals surface area contributed by atoms with E-state index in [1.807, 2.05) is 17.5 Å². The van der Waals surface area contributed by atoms with Crippen LogP contribution in [0.15, 0.2) is 60.8 Å². The number of hydrogen-bond donors (Lipinski definition) is 0. The van der Waals surface area contributed by atoms with E-state index in [9.17, 15) is 0 Å². The van der Waals surface area contributed by atoms with Crippen molar-refractivity contribution in [1.29, 1.82) is 0 Å². The molecular weight excluding hydrogens is 459 g/mol. The number of hydrogen-bond acceptors (Lipinski definition) is 2. The summed E-state index contributed by atoms with van der Waals surface area (Å²) in [5, 5.41) is 6.92. The first kappa shape index (κ1) is 24.2. The van der Waals surface area contributed by atoms with Gasteiger partial charge >= 0.3 is 0 Å². The van der Waals surface area contributed by atoms with E-state index < -0.39 is 8.07 Å². The van der Waals surface area contributed by atoms with Crippen molar-refractivity contribution in [3.05, 3.63) is 71.9 Å². The minimum atomic E-state index is -1.39. The molecule has 0 unspecified atom stereocenters. The summed E-state index contributed by atoms with van der Waals surface area (Å²) in [7, 11) is -1.39. The number of rotatable bonds is 4. The number of nitrogens with zero attached hydrogens (tertiary/aromatic N) is 1. The highest BCUT2D eigenvalue weighted by Gasteiger charge is 2.23. The van der Waals surface area contributed by atoms with Crippen LogP contribution in [-0.2, 0) is 11.8 Å². The lowest BCUT2D eigenvalue weighted by Gasteiger charge is -2.25. The predicted octanol–water partition coefficient (Wildman–Crippen LogP) is 9.31. The van der Waals surface area contributed by atoms with Gasteiger partial charge in [0.05, 0.1) is 18.5 Å². The summed E-state index contributed by atoms with van der Waals surface area (Å²) in [5.74, 6) is 0.638. The van der Waals surface area contributed by atoms with Gasteiger partial charge in [-0.2, -0.15) is 0 Å². The SMILES string of the molecule is CC(C)Cc1cccc2c1sc1c(-c3cc(C(C)(C)C)c4cc([Si](C)(C)C)ccc4c3)nccc12. The molecule has 3 aromatic carbocycles. The van der Waals surface area contributed by atoms with Gasteiger partial charge < -0.3 is 0 Å². The van der Waals surface area contributed by atoms with Crippen molar-refractivity contribution in [3.63, 3.8) is 0 Å². The summed E-state index contributed by atoms with van der Waals surface area (Å²) in [5.41, 5.74) is 5.25. The minimum Gasteiger partial charge on any atom is -0.255 e. The Morgan fingerprint density at radius 3 is 2.29 bits per heavy atom. The zero-order valence-electron chi connectivity index (χ0n) is 22.4. The molecule has 0 fully saturated rings. The van der Waals surface area contributed by atoms with Crippen LogP contribution in [-0.4, -0.2) is 13.1 Å². The summed E-state index contributed by atoms with van der Waals surface area (Å²) < 4.78 is 2.72. The monoisotopic (exact) mass is 495 g/mol. The van der Waals surface area contributed by atoms with E-state index in [4.69, 9.17) is 4.98 Å². The number of thiophene rings is 1. The third-order valence-electron chi connectivity index (χ3n) is 7.03. The summed E-state index contributed by atoms with van der Waals surface area (Å²) >= 11 is 1.92. The van der Waals surface area contributed by atoms with Crippen LogP contribution in [0.1, 0.15) is 45.7 Å². The second kappa shape index (κ2) is 8.57. The smallest absolute Gasteiger partial charge is 0.0880 e. The predicted molar refractivity (Wildman–Crippen MR) is 160 cm³/mol. The molecule has 0 radical (unpaired) electrons. The van der Waals surface area contributed by atoms with Crippen LogP contribution in [0.2, 0.25) is 19.6 Å². The Labute approximate surface area is 215 Å². The molecular formula is C32H37NSSi. The van der Waals surface area contributed by atoms with Crippen LogP contribution in [0.3, 0.4) is 0 Å². The Kier molecular flexibility index (Phi) is 5.93. The second-order valence-electron chi connectivity index (χ2n) is 12.5. The molecule has 35 heavy (non-hydrogen) atoms. The van der Waals surface area contributed by atoms with Crippen LogP contribution in [0, 0.1) is 5.92 Å². The van der Waals surface area contributed by atoms with Crippen molar-refractivity contribution in [1.82, 2.24) is 4.98 Å². The average molecular weight is 496 g/mol. The van der Waals surface area contributed by atoms with Crippen LogP contribution >= 0.6 is 11.3 Å². The van der Waals surface area contributed by atoms with Gasteiger partial charge in [0.25, 0.3) is 0 Å². The summed E-state index contributed by atoms with van der Waals surface area (Å²) in [4.78, 5) is 4.97. The molecule has 1 nitrogen and oxygen atoms in total. The molecule has 0 amide bonds. The highest BCUT2D eigenvalue weighted by atomic mass is 32.1. The molecule has 0 saturated carbocycles. The third kappa shape index (κ3) is 4.45. The van der Waals surface area contributed by atoms with Crippen molar-refractivity contribution in [2.24, 2.45) is 5.92 Å². The Morgan fingerprint density at radius 2 is 1.60 bits per heavy atom. The quantitative estimate of drug-likeness (QED) is 0.226. The van der Waals surface area contributed by atoms with Gasteiger partial charge in [-0.3, -0.25) is 4.98 Å². The zero-order valence-corrected chi connectivity index (χ0v) is 24.2. The number of benzene rings is 3. The van der Waals surface area contributed by atoms with E-state index in [0.29, 0.717) is 5.92 Å². The van der Waals surface area contributed by atoms with Crippen LogP contribution in [0.5, 0.6) is 0 Å². The highest BCUT2D eigenvalue weighted by Crippen LogP contribution is 2.42. The fourth-order valence-corrected chi connectivity index (χ4v) is 7.66. The topological polar surface area (TPSA) is 12.9 Å². The zero-order chi connectivity index (χ0) is 25.1. The lowest BCUT2D eigenvalue weighted by atomic mass is 9.82. The second-order valence-corrected chi connectivity index (χ2v) is 18.6. The maximum absolute atomic E-state index is 4.97. The van der Waals surface area contributed by atoms with Gasteiger partial charge in [-0.05, 0) is 57.9 Å². The molecule has 2 aromatic heterocycles. The van der Waals surface area contributed by atoms with Crippen LogP contribution in [0.25, 0.3) is 42.2 Å². The van der Waals surface area contributed by atoms with Gasteiger partial charge in [0.1, 0.15) is 0 Å². The highest BCUT2D eigenvalue weighted by molar-refractivity contribution is 7.26. The molecule has 0 atom stereocenters. The van der Waals surface area contributed by atoms with Crippen molar-refractivity contribution in [2.45, 2.75) is 66.1 Å². The largest absolute Gasteiger partial charge is 0.255 e. The third-order valence-corrected chi connectivity index (χ3v) is 10.4. The first-order valence-electron chi connectivity index (χ1n) is 12.8. The summed E-state index contributed by atoms with van der Waals surface area (Å²) in [6, 6.07) is 20.9. The molecule has 5 aromatic rings. The number of pyridine rings is 1. The summed E-state index contributed by atoms with van der Waals surface area (Å²) in [6.45, 7) is 18.9. The van der Waals surface area contributed by atoms with E-state index in [0.717, 1.165) is 12.1 Å². The molecule has 0 saturated heterocycles. The van der Waals surface area contributed by atoms with Gasteiger partial charge in [0.15, 0.2) is 0 Å². The average Bonchev–Trinajstić information content (AvgIpc) is 3.16. The maximum Gasteiger partial charge on any atom is 0.0880 e. The molecule has 5 rings (SSSR count). The van der Waals surface area contributed by atoms with E-state index >= 15 is 0 Å². The molecule has 0 N–H and O–H groups in total. The maximum atomic E-state index is 4.97. The van der Waals surface area contributed by atoms with E-state index in [1.54, 1.807) is 0 Å². The van der Waals surface area contributed by atoms with Gasteiger partial charge in [0.2, 0.25) is 0 Å². The van der Waals surface area contributed by atoms with Gasteiger partial charge in [-0.1, -0.05) is 95.8 Å². The van der Waals surface area contributed by atoms with Crippen molar-refractivity contribution in [2.75, 3.05) is 0 Å². The Bertz CT molecular complexity index is 1560. The van der Waals surface area contributed by atoms with Gasteiger partial charge in [-0.25, -0.2) is 0 Å². The van der Waals surface area contributed by atoms with Crippen LogP contribution < -0.4 is 5.19 Å². The summed E-state index contributed by atoms with van der Waals surface area (Å²) in [6.07, 6.45) is 3.10. The molecule has 3 heteroatoms. The lowest BCUT2D eigenvalue weighted by molar-refractivity contribution is 0.596. The van der Waals surface area contributed by atoms with Gasteiger partial charge in [-0.15, -0.1) is 11.3 Å². The molecule has 0 aliphatic rings. The van der Waals surface area contributed by atoms with Crippen LogP contribution in [0.4, 0.5) is 0 Å². The Morgan fingerprint density at radius 1 is 0.857 bits per heavy atom. The minimum absolute atomic E-state index is 0.0464. The van der Waals surface area contributed by atoms with Crippen molar-refractivity contribution >= 4 is 55.5 Å². The molecule has 0 aliphatic carbocycles. The van der Waals surface area contributed by atoms with E-state index in [2.05, 4.69) is 109 Å². The van der Waals surface area contributed by atoms with E-state index in [-0.39, 0.29) is 5.41 Å². The fourth-order valence-electron chi connectivity index (χ4n) is 5.17. The Balaban J connectivity index is 1.78. The molecule has 0 aliphatic heterocycles. The Hall–Kier alpha value is -2.49. The van der Waals surface area contributed by atoms with Crippen molar-refractivity contribution < 1.29 is 0 Å². The molecule has 0 spiro atoms. The lowest BCUT2D eigenvalue weighted by Crippen LogP contribution is -2.37. The first-order chi connectivity index (χ1) is 16.4. The molecule has 180 valence electrons. The van der Waals surface area contributed by atoms with Gasteiger partial charge in [0, 0.05) is 27.2 Å². The molecule has 2 heterocycles.